The Morgan fingerprint density at radius 1 is 1.14 bits per heavy atom. The maximum absolute atomic E-state index is 15.1. The summed E-state index contributed by atoms with van der Waals surface area (Å²) in [5.74, 6) is 0.160. The van der Waals surface area contributed by atoms with Crippen molar-refractivity contribution in [1.29, 1.82) is 0 Å². The van der Waals surface area contributed by atoms with Crippen LogP contribution >= 0.6 is 0 Å². The summed E-state index contributed by atoms with van der Waals surface area (Å²) >= 11 is 0. The Hall–Kier alpha value is -3.47. The van der Waals surface area contributed by atoms with Crippen LogP contribution in [-0.2, 0) is 9.53 Å². The van der Waals surface area contributed by atoms with Gasteiger partial charge < -0.3 is 24.4 Å². The second kappa shape index (κ2) is 13.0. The lowest BCUT2D eigenvalue weighted by molar-refractivity contribution is -0.121. The van der Waals surface area contributed by atoms with E-state index in [9.17, 15) is 4.79 Å². The van der Waals surface area contributed by atoms with Gasteiger partial charge in [-0.3, -0.25) is 14.8 Å². The largest absolute Gasteiger partial charge is 0.497 e. The summed E-state index contributed by atoms with van der Waals surface area (Å²) in [4.78, 5) is 17.5. The van der Waals surface area contributed by atoms with E-state index in [1.807, 2.05) is 55.2 Å². The Bertz CT molecular complexity index is 1120. The van der Waals surface area contributed by atoms with E-state index in [0.29, 0.717) is 48.9 Å². The number of carbonyl (C=O) groups excluding carboxylic acids is 1. The fraction of sp³-hybridized carbons (Fsp3) is 0.385. The van der Waals surface area contributed by atoms with Crippen LogP contribution in [0.3, 0.4) is 0 Å². The molecule has 1 atom stereocenters. The van der Waals surface area contributed by atoms with Crippen LogP contribution in [0.15, 0.2) is 48.8 Å². The number of hydrogen-bond acceptors (Lipinski definition) is 7. The monoisotopic (exact) mass is 499 g/mol. The molecule has 9 nitrogen and oxygen atoms in total. The molecule has 1 aromatic heterocycles. The zero-order valence-electron chi connectivity index (χ0n) is 21.4. The van der Waals surface area contributed by atoms with Gasteiger partial charge in [-0.1, -0.05) is 12.1 Å². The summed E-state index contributed by atoms with van der Waals surface area (Å²) in [6, 6.07) is 9.49. The van der Waals surface area contributed by atoms with Crippen molar-refractivity contribution >= 4 is 11.6 Å². The smallest absolute Gasteiger partial charge is 0.246 e. The number of aromatic nitrogens is 2. The topological polar surface area (TPSA) is 92.0 Å². The van der Waals surface area contributed by atoms with Crippen LogP contribution in [0, 0.1) is 5.82 Å². The molecule has 3 rings (SSSR count). The van der Waals surface area contributed by atoms with E-state index in [1.54, 1.807) is 26.5 Å². The minimum atomic E-state index is -0.679. The first-order valence-electron chi connectivity index (χ1n) is 11.6. The van der Waals surface area contributed by atoms with E-state index in [-0.39, 0.29) is 11.6 Å². The molecule has 2 aromatic carbocycles. The Kier molecular flexibility index (Phi) is 9.80. The van der Waals surface area contributed by atoms with Gasteiger partial charge in [0.2, 0.25) is 5.91 Å². The zero-order chi connectivity index (χ0) is 26.1. The van der Waals surface area contributed by atoms with Crippen molar-refractivity contribution in [3.8, 4) is 22.6 Å². The van der Waals surface area contributed by atoms with Gasteiger partial charge >= 0.3 is 0 Å². The van der Waals surface area contributed by atoms with Gasteiger partial charge in [-0.05, 0) is 44.9 Å². The molecule has 3 aromatic rings. The van der Waals surface area contributed by atoms with Crippen LogP contribution in [-0.4, -0.2) is 87.6 Å². The van der Waals surface area contributed by atoms with Crippen molar-refractivity contribution in [2.45, 2.75) is 6.04 Å². The van der Waals surface area contributed by atoms with Gasteiger partial charge in [-0.25, -0.2) is 4.39 Å². The highest BCUT2D eigenvalue weighted by Crippen LogP contribution is 2.35. The van der Waals surface area contributed by atoms with E-state index in [4.69, 9.17) is 14.2 Å². The Labute approximate surface area is 211 Å². The van der Waals surface area contributed by atoms with E-state index < -0.39 is 11.9 Å². The van der Waals surface area contributed by atoms with Crippen molar-refractivity contribution in [2.75, 3.05) is 67.0 Å². The minimum absolute atomic E-state index is 0.247. The van der Waals surface area contributed by atoms with Gasteiger partial charge in [0.1, 0.15) is 30.0 Å². The normalized spacial score (nSPS) is 12.1. The number of anilines is 1. The number of carbonyl (C=O) groups is 1. The molecule has 0 aliphatic rings. The van der Waals surface area contributed by atoms with Gasteiger partial charge in [0.25, 0.3) is 0 Å². The predicted molar refractivity (Wildman–Crippen MR) is 137 cm³/mol. The van der Waals surface area contributed by atoms with Crippen LogP contribution in [0.4, 0.5) is 10.1 Å². The zero-order valence-corrected chi connectivity index (χ0v) is 21.4. The molecule has 0 aliphatic carbocycles. The number of amides is 1. The van der Waals surface area contributed by atoms with Gasteiger partial charge in [-0.2, -0.15) is 5.10 Å². The number of halogens is 1. The third-order valence-electron chi connectivity index (χ3n) is 5.68. The Morgan fingerprint density at radius 2 is 1.94 bits per heavy atom. The third kappa shape index (κ3) is 7.03. The summed E-state index contributed by atoms with van der Waals surface area (Å²) in [5, 5.41) is 9.49. The quantitative estimate of drug-likeness (QED) is 0.372. The van der Waals surface area contributed by atoms with Crippen molar-refractivity contribution in [1.82, 2.24) is 20.0 Å². The maximum Gasteiger partial charge on any atom is 0.246 e. The van der Waals surface area contributed by atoms with Crippen LogP contribution in [0.2, 0.25) is 0 Å². The molecule has 1 unspecified atom stereocenters. The second-order valence-electron chi connectivity index (χ2n) is 8.61. The van der Waals surface area contributed by atoms with Gasteiger partial charge in [0, 0.05) is 43.6 Å². The summed E-state index contributed by atoms with van der Waals surface area (Å²) in [6.07, 6.45) is 3.13. The molecule has 1 heterocycles. The molecule has 10 heteroatoms. The van der Waals surface area contributed by atoms with Gasteiger partial charge in [0.15, 0.2) is 0 Å². The highest BCUT2D eigenvalue weighted by molar-refractivity contribution is 5.97. The Morgan fingerprint density at radius 3 is 2.61 bits per heavy atom. The molecular weight excluding hydrogens is 465 g/mol. The molecule has 0 aliphatic heterocycles. The molecule has 0 spiro atoms. The number of ether oxygens (including phenoxy) is 3. The lowest BCUT2D eigenvalue weighted by Crippen LogP contribution is -2.36. The van der Waals surface area contributed by atoms with Crippen LogP contribution in [0.5, 0.6) is 11.5 Å². The van der Waals surface area contributed by atoms with Crippen LogP contribution in [0.25, 0.3) is 11.1 Å². The van der Waals surface area contributed by atoms with E-state index in [0.717, 1.165) is 5.56 Å². The van der Waals surface area contributed by atoms with Crippen molar-refractivity contribution in [2.24, 2.45) is 0 Å². The predicted octanol–water partition coefficient (Wildman–Crippen LogP) is 3.42. The van der Waals surface area contributed by atoms with Gasteiger partial charge in [-0.15, -0.1) is 0 Å². The molecule has 0 saturated carbocycles. The molecule has 0 fully saturated rings. The number of benzene rings is 2. The number of likely N-dealkylation sites (N-methyl/N-ethyl adjacent to an activating group) is 2. The maximum atomic E-state index is 15.1. The summed E-state index contributed by atoms with van der Waals surface area (Å²) < 4.78 is 31.7. The van der Waals surface area contributed by atoms with E-state index >= 15 is 4.39 Å². The summed E-state index contributed by atoms with van der Waals surface area (Å²) in [6.45, 7) is 1.96. The van der Waals surface area contributed by atoms with Crippen LogP contribution < -0.4 is 14.8 Å². The van der Waals surface area contributed by atoms with Crippen molar-refractivity contribution < 1.29 is 23.4 Å². The molecular formula is C26H34FN5O4. The fourth-order valence-electron chi connectivity index (χ4n) is 3.71. The second-order valence-corrected chi connectivity index (χ2v) is 8.61. The number of methoxy groups -OCH3 is 2. The lowest BCUT2D eigenvalue weighted by atomic mass is 10.0. The molecule has 0 bridgehead atoms. The third-order valence-corrected chi connectivity index (χ3v) is 5.68. The van der Waals surface area contributed by atoms with E-state index in [1.165, 1.54) is 12.3 Å². The molecule has 1 amide bonds. The number of nitrogens with zero attached hydrogens (tertiary/aromatic N) is 3. The fourth-order valence-corrected chi connectivity index (χ4v) is 3.71. The van der Waals surface area contributed by atoms with Crippen LogP contribution in [0.1, 0.15) is 11.6 Å². The number of aromatic amines is 1. The first-order valence-corrected chi connectivity index (χ1v) is 11.6. The first kappa shape index (κ1) is 27.1. The number of nitrogens with one attached hydrogen (secondary N) is 2. The number of rotatable bonds is 13. The molecule has 0 saturated heterocycles. The first-order chi connectivity index (χ1) is 17.3. The highest BCUT2D eigenvalue weighted by Gasteiger charge is 2.27. The number of H-pyrrole nitrogens is 1. The van der Waals surface area contributed by atoms with E-state index in [2.05, 4.69) is 15.5 Å². The molecule has 194 valence electrons. The molecule has 0 radical (unpaired) electrons. The van der Waals surface area contributed by atoms with Gasteiger partial charge in [0.05, 0.1) is 25.6 Å². The molecule has 2 N–H and O–H groups in total. The lowest BCUT2D eigenvalue weighted by Gasteiger charge is -2.28. The SMILES string of the molecule is COCCN(C)C(C(=O)Nc1cc(F)c(-c2cn[nH]c2)cc1OCCN(C)C)c1cccc(OC)c1. The van der Waals surface area contributed by atoms with Crippen molar-refractivity contribution in [3.05, 3.63) is 60.2 Å². The highest BCUT2D eigenvalue weighted by atomic mass is 19.1. The molecule has 36 heavy (non-hydrogen) atoms. The average molecular weight is 500 g/mol. The summed E-state index contributed by atoms with van der Waals surface area (Å²) in [7, 11) is 8.88. The minimum Gasteiger partial charge on any atom is -0.497 e. The number of hydrogen-bond donors (Lipinski definition) is 2. The Balaban J connectivity index is 1.95. The van der Waals surface area contributed by atoms with Crippen molar-refractivity contribution in [3.63, 3.8) is 0 Å². The standard InChI is InChI=1S/C26H34FN5O4/c1-31(2)9-12-36-24-14-21(19-16-28-29-17-19)22(27)15-23(24)30-26(33)25(32(3)10-11-34-4)18-7-6-8-20(13-18)35-5/h6-8,13-17,25H,9-12H2,1-5H3,(H,28,29)(H,30,33). The summed E-state index contributed by atoms with van der Waals surface area (Å²) in [5.41, 5.74) is 1.88. The average Bonchev–Trinajstić information content (AvgIpc) is 3.39.